The topological polar surface area (TPSA) is 17.3 Å². The Hall–Kier alpha value is -1.61. The number of aromatic nitrogens is 2. The molecule has 0 atom stereocenters. The van der Waals surface area contributed by atoms with E-state index in [1.54, 1.807) is 0 Å². The van der Waals surface area contributed by atoms with Gasteiger partial charge in [-0.3, -0.25) is 0 Å². The lowest BCUT2D eigenvalue weighted by Crippen LogP contribution is -1.86. The summed E-state index contributed by atoms with van der Waals surface area (Å²) in [6.45, 7) is 6.50. The summed E-state index contributed by atoms with van der Waals surface area (Å²) in [7, 11) is 0. The van der Waals surface area contributed by atoms with Crippen molar-refractivity contribution in [2.75, 3.05) is 0 Å². The highest BCUT2D eigenvalue weighted by Gasteiger charge is 2.08. The number of nitrogens with zero attached hydrogens (tertiary/aromatic N) is 2. The van der Waals surface area contributed by atoms with Gasteiger partial charge in [-0.2, -0.15) is 0 Å². The van der Waals surface area contributed by atoms with Gasteiger partial charge >= 0.3 is 0 Å². The molecule has 20 heavy (non-hydrogen) atoms. The maximum absolute atomic E-state index is 4.74. The van der Waals surface area contributed by atoms with Gasteiger partial charge in [0.1, 0.15) is 5.65 Å². The molecule has 0 bridgehead atoms. The van der Waals surface area contributed by atoms with Crippen LogP contribution in [-0.2, 0) is 0 Å². The van der Waals surface area contributed by atoms with Gasteiger partial charge in [0.2, 0.25) is 0 Å². The molecule has 0 saturated heterocycles. The van der Waals surface area contributed by atoms with E-state index in [0.29, 0.717) is 5.92 Å². The SMILES string of the molecule is Cc1cc(Br)cn2cc(-c3ccc(C(C)C)cc3)nc12. The van der Waals surface area contributed by atoms with E-state index < -0.39 is 0 Å². The van der Waals surface area contributed by atoms with Crippen LogP contribution in [0.25, 0.3) is 16.9 Å². The van der Waals surface area contributed by atoms with Crippen molar-refractivity contribution in [1.29, 1.82) is 0 Å². The first kappa shape index (κ1) is 13.4. The highest BCUT2D eigenvalue weighted by atomic mass is 79.9. The van der Waals surface area contributed by atoms with E-state index in [-0.39, 0.29) is 0 Å². The largest absolute Gasteiger partial charge is 0.305 e. The Balaban J connectivity index is 2.08. The van der Waals surface area contributed by atoms with Gasteiger partial charge in [-0.1, -0.05) is 38.1 Å². The Morgan fingerprint density at radius 1 is 1.10 bits per heavy atom. The summed E-state index contributed by atoms with van der Waals surface area (Å²) >= 11 is 3.53. The second kappa shape index (κ2) is 5.06. The van der Waals surface area contributed by atoms with Crippen LogP contribution in [-0.4, -0.2) is 9.38 Å². The van der Waals surface area contributed by atoms with E-state index in [1.165, 1.54) is 11.1 Å². The first-order valence-electron chi connectivity index (χ1n) is 6.80. The predicted octanol–water partition coefficient (Wildman–Crippen LogP) is 5.20. The average Bonchev–Trinajstić information content (AvgIpc) is 2.83. The normalized spacial score (nSPS) is 11.4. The minimum atomic E-state index is 0.559. The molecule has 1 aromatic carbocycles. The summed E-state index contributed by atoms with van der Waals surface area (Å²) in [6.07, 6.45) is 4.12. The molecule has 0 amide bonds. The average molecular weight is 329 g/mol. The third-order valence-electron chi connectivity index (χ3n) is 3.57. The quantitative estimate of drug-likeness (QED) is 0.632. The molecule has 0 aliphatic heterocycles. The zero-order chi connectivity index (χ0) is 14.3. The molecule has 0 unspecified atom stereocenters. The number of fused-ring (bicyclic) bond motifs is 1. The Morgan fingerprint density at radius 3 is 2.45 bits per heavy atom. The lowest BCUT2D eigenvalue weighted by Gasteiger charge is -2.05. The second-order valence-corrected chi connectivity index (χ2v) is 6.39. The molecule has 2 nitrogen and oxygen atoms in total. The monoisotopic (exact) mass is 328 g/mol. The van der Waals surface area contributed by atoms with Crippen LogP contribution >= 0.6 is 15.9 Å². The van der Waals surface area contributed by atoms with Gasteiger partial charge in [-0.05, 0) is 46.0 Å². The molecule has 3 rings (SSSR count). The van der Waals surface area contributed by atoms with Crippen LogP contribution in [0.15, 0.2) is 47.2 Å². The van der Waals surface area contributed by atoms with Gasteiger partial charge in [0, 0.05) is 22.4 Å². The standard InChI is InChI=1S/C17H17BrN2/c1-11(2)13-4-6-14(7-5-13)16-10-20-9-15(18)8-12(3)17(20)19-16/h4-11H,1-3H3. The lowest BCUT2D eigenvalue weighted by atomic mass is 10.0. The van der Waals surface area contributed by atoms with Crippen LogP contribution in [0.2, 0.25) is 0 Å². The number of imidazole rings is 1. The van der Waals surface area contributed by atoms with E-state index in [2.05, 4.69) is 77.6 Å². The minimum absolute atomic E-state index is 0.559. The summed E-state index contributed by atoms with van der Waals surface area (Å²) in [5.74, 6) is 0.559. The predicted molar refractivity (Wildman–Crippen MR) is 87.2 cm³/mol. The molecule has 102 valence electrons. The van der Waals surface area contributed by atoms with Gasteiger partial charge < -0.3 is 4.40 Å². The van der Waals surface area contributed by atoms with E-state index in [1.807, 2.05) is 6.20 Å². The molecular formula is C17H17BrN2. The molecule has 3 heteroatoms. The number of hydrogen-bond donors (Lipinski definition) is 0. The first-order chi connectivity index (χ1) is 9.54. The first-order valence-corrected chi connectivity index (χ1v) is 7.59. The maximum atomic E-state index is 4.74. The van der Waals surface area contributed by atoms with Crippen LogP contribution in [0.5, 0.6) is 0 Å². The highest BCUT2D eigenvalue weighted by Crippen LogP contribution is 2.24. The van der Waals surface area contributed by atoms with Crippen molar-refractivity contribution in [3.8, 4) is 11.3 Å². The molecule has 2 heterocycles. The fourth-order valence-electron chi connectivity index (χ4n) is 2.40. The van der Waals surface area contributed by atoms with Crippen LogP contribution < -0.4 is 0 Å². The number of halogens is 1. The lowest BCUT2D eigenvalue weighted by molar-refractivity contribution is 0.867. The number of benzene rings is 1. The molecule has 0 N–H and O–H groups in total. The molecular weight excluding hydrogens is 312 g/mol. The van der Waals surface area contributed by atoms with E-state index >= 15 is 0 Å². The Morgan fingerprint density at radius 2 is 1.80 bits per heavy atom. The second-order valence-electron chi connectivity index (χ2n) is 5.48. The van der Waals surface area contributed by atoms with Crippen molar-refractivity contribution in [1.82, 2.24) is 9.38 Å². The maximum Gasteiger partial charge on any atom is 0.140 e. The fourth-order valence-corrected chi connectivity index (χ4v) is 2.97. The van der Waals surface area contributed by atoms with Gasteiger partial charge in [0.25, 0.3) is 0 Å². The Kier molecular flexibility index (Phi) is 3.38. The van der Waals surface area contributed by atoms with Gasteiger partial charge in [0.05, 0.1) is 5.69 Å². The summed E-state index contributed by atoms with van der Waals surface area (Å²) in [5.41, 5.74) is 5.71. The molecule has 0 aliphatic rings. The Labute approximate surface area is 127 Å². The minimum Gasteiger partial charge on any atom is -0.305 e. The van der Waals surface area contributed by atoms with Crippen molar-refractivity contribution < 1.29 is 0 Å². The van der Waals surface area contributed by atoms with Crippen molar-refractivity contribution in [3.05, 3.63) is 58.3 Å². The van der Waals surface area contributed by atoms with Crippen LogP contribution in [0.1, 0.15) is 30.9 Å². The van der Waals surface area contributed by atoms with Crippen molar-refractivity contribution in [2.24, 2.45) is 0 Å². The third kappa shape index (κ3) is 2.38. The third-order valence-corrected chi connectivity index (χ3v) is 4.01. The van der Waals surface area contributed by atoms with E-state index in [9.17, 15) is 0 Å². The number of hydrogen-bond acceptors (Lipinski definition) is 1. The smallest absolute Gasteiger partial charge is 0.140 e. The van der Waals surface area contributed by atoms with Crippen LogP contribution in [0.3, 0.4) is 0 Å². The molecule has 0 spiro atoms. The van der Waals surface area contributed by atoms with E-state index in [0.717, 1.165) is 21.4 Å². The molecule has 3 aromatic rings. The summed E-state index contributed by atoms with van der Waals surface area (Å²) in [5, 5.41) is 0. The number of aryl methyl sites for hydroxylation is 1. The fraction of sp³-hybridized carbons (Fsp3) is 0.235. The van der Waals surface area contributed by atoms with Crippen molar-refractivity contribution in [2.45, 2.75) is 26.7 Å². The zero-order valence-electron chi connectivity index (χ0n) is 11.9. The molecule has 0 saturated carbocycles. The van der Waals surface area contributed by atoms with Crippen molar-refractivity contribution >= 4 is 21.6 Å². The summed E-state index contributed by atoms with van der Waals surface area (Å²) < 4.78 is 3.15. The summed E-state index contributed by atoms with van der Waals surface area (Å²) in [6, 6.07) is 10.8. The Bertz CT molecular complexity index is 755. The van der Waals surface area contributed by atoms with Crippen LogP contribution in [0.4, 0.5) is 0 Å². The van der Waals surface area contributed by atoms with Gasteiger partial charge in [0.15, 0.2) is 0 Å². The molecule has 0 fully saturated rings. The van der Waals surface area contributed by atoms with E-state index in [4.69, 9.17) is 4.98 Å². The zero-order valence-corrected chi connectivity index (χ0v) is 13.5. The molecule has 0 radical (unpaired) electrons. The number of rotatable bonds is 2. The number of pyridine rings is 1. The summed E-state index contributed by atoms with van der Waals surface area (Å²) in [4.78, 5) is 4.74. The van der Waals surface area contributed by atoms with Gasteiger partial charge in [-0.25, -0.2) is 4.98 Å². The van der Waals surface area contributed by atoms with Gasteiger partial charge in [-0.15, -0.1) is 0 Å². The molecule has 2 aromatic heterocycles. The van der Waals surface area contributed by atoms with Crippen LogP contribution in [0, 0.1) is 6.92 Å². The highest BCUT2D eigenvalue weighted by molar-refractivity contribution is 9.10. The van der Waals surface area contributed by atoms with Crippen molar-refractivity contribution in [3.63, 3.8) is 0 Å². The molecule has 0 aliphatic carbocycles.